The van der Waals surface area contributed by atoms with Crippen molar-refractivity contribution in [3.8, 4) is 16.8 Å². The van der Waals surface area contributed by atoms with E-state index in [1.807, 2.05) is 24.4 Å². The predicted octanol–water partition coefficient (Wildman–Crippen LogP) is 5.23. The van der Waals surface area contributed by atoms with Gasteiger partial charge in [-0.3, -0.25) is 9.97 Å². The number of hydrogen-bond donors (Lipinski definition) is 2. The number of para-hydroxylation sites is 1. The average Bonchev–Trinajstić information content (AvgIpc) is 3.26. The van der Waals surface area contributed by atoms with Crippen LogP contribution in [-0.4, -0.2) is 31.7 Å². The van der Waals surface area contributed by atoms with Gasteiger partial charge in [0.2, 0.25) is 0 Å². The van der Waals surface area contributed by atoms with Crippen molar-refractivity contribution in [3.63, 3.8) is 0 Å². The lowest BCUT2D eigenvalue weighted by atomic mass is 9.81. The molecule has 7 rings (SSSR count). The molecular weight excluding hydrogens is 445 g/mol. The Morgan fingerprint density at radius 3 is 2.08 bits per heavy atom. The number of rotatable bonds is 3. The summed E-state index contributed by atoms with van der Waals surface area (Å²) in [5.41, 5.74) is 7.48. The fourth-order valence-corrected chi connectivity index (χ4v) is 5.12. The molecule has 4 aromatic carbocycles. The molecule has 0 spiro atoms. The van der Waals surface area contributed by atoms with E-state index in [0.717, 1.165) is 38.5 Å². The maximum atomic E-state index is 9.49. The van der Waals surface area contributed by atoms with E-state index in [1.165, 1.54) is 28.1 Å². The maximum Gasteiger partial charge on any atom is 0.490 e. The van der Waals surface area contributed by atoms with Crippen LogP contribution in [0.25, 0.3) is 60.4 Å². The van der Waals surface area contributed by atoms with Crippen LogP contribution >= 0.6 is 0 Å². The van der Waals surface area contributed by atoms with Crippen LogP contribution < -0.4 is 5.46 Å². The normalized spacial score (nSPS) is 11.6. The summed E-state index contributed by atoms with van der Waals surface area (Å²) in [5, 5.41) is 23.2. The zero-order chi connectivity index (χ0) is 24.2. The number of benzene rings is 4. The number of fused-ring (bicyclic) bond motifs is 6. The molecule has 0 fully saturated rings. The standard InChI is InChI=1S/C30H20BN3O2/c35-31(36)23-14-21-10-11-22-15-24(18-33-30(22)29(21)32-17-23)34-27-9-5-4-8-25(27)26-16-20(12-13-28(26)34)19-6-2-1-3-7-19/h1-18,35-36H. The highest BCUT2D eigenvalue weighted by atomic mass is 16.4. The minimum Gasteiger partial charge on any atom is -0.423 e. The van der Waals surface area contributed by atoms with Crippen molar-refractivity contribution in [2.75, 3.05) is 0 Å². The Labute approximate surface area is 207 Å². The van der Waals surface area contributed by atoms with Crippen LogP contribution in [0.4, 0.5) is 0 Å². The Kier molecular flexibility index (Phi) is 4.64. The topological polar surface area (TPSA) is 71.2 Å². The van der Waals surface area contributed by atoms with E-state index in [4.69, 9.17) is 4.98 Å². The monoisotopic (exact) mass is 465 g/mol. The third kappa shape index (κ3) is 3.20. The largest absolute Gasteiger partial charge is 0.490 e. The third-order valence-corrected chi connectivity index (χ3v) is 6.84. The van der Waals surface area contributed by atoms with Crippen molar-refractivity contribution < 1.29 is 10.0 Å². The van der Waals surface area contributed by atoms with E-state index >= 15 is 0 Å². The van der Waals surface area contributed by atoms with Crippen LogP contribution in [-0.2, 0) is 0 Å². The molecule has 0 aliphatic carbocycles. The summed E-state index contributed by atoms with van der Waals surface area (Å²) in [6.07, 6.45) is 3.37. The van der Waals surface area contributed by atoms with Gasteiger partial charge in [-0.1, -0.05) is 72.8 Å². The molecular formula is C30H20BN3O2. The first kappa shape index (κ1) is 20.8. The summed E-state index contributed by atoms with van der Waals surface area (Å²) in [6, 6.07) is 33.3. The second-order valence-electron chi connectivity index (χ2n) is 9.00. The van der Waals surface area contributed by atoms with Gasteiger partial charge in [-0.25, -0.2) is 0 Å². The first-order valence-electron chi connectivity index (χ1n) is 11.8. The van der Waals surface area contributed by atoms with Crippen LogP contribution in [0.5, 0.6) is 0 Å². The minimum absolute atomic E-state index is 0.360. The van der Waals surface area contributed by atoms with Gasteiger partial charge >= 0.3 is 7.12 Å². The molecule has 36 heavy (non-hydrogen) atoms. The lowest BCUT2D eigenvalue weighted by Gasteiger charge is -2.10. The van der Waals surface area contributed by atoms with Crippen molar-refractivity contribution in [2.45, 2.75) is 0 Å². The van der Waals surface area contributed by atoms with Gasteiger partial charge in [0.15, 0.2) is 0 Å². The van der Waals surface area contributed by atoms with E-state index < -0.39 is 7.12 Å². The van der Waals surface area contributed by atoms with Crippen LogP contribution in [0, 0.1) is 0 Å². The van der Waals surface area contributed by atoms with Gasteiger partial charge < -0.3 is 14.6 Å². The summed E-state index contributed by atoms with van der Waals surface area (Å²) in [6.45, 7) is 0. The highest BCUT2D eigenvalue weighted by Crippen LogP contribution is 2.35. The first-order chi connectivity index (χ1) is 17.7. The Hall–Kier alpha value is -4.52. The van der Waals surface area contributed by atoms with E-state index in [9.17, 15) is 10.0 Å². The SMILES string of the molecule is OB(O)c1cnc2c(ccc3cc(-n4c5ccccc5c5cc(-c6ccccc6)ccc54)cnc32)c1. The number of hydrogen-bond acceptors (Lipinski definition) is 4. The zero-order valence-electron chi connectivity index (χ0n) is 19.2. The van der Waals surface area contributed by atoms with Crippen LogP contribution in [0.2, 0.25) is 0 Å². The van der Waals surface area contributed by atoms with Gasteiger partial charge in [0.05, 0.1) is 34.0 Å². The Bertz CT molecular complexity index is 1930. The molecule has 0 bridgehead atoms. The average molecular weight is 465 g/mol. The molecule has 3 aromatic heterocycles. The Balaban J connectivity index is 1.45. The highest BCUT2D eigenvalue weighted by molar-refractivity contribution is 6.58. The molecule has 3 heterocycles. The fraction of sp³-hybridized carbons (Fsp3) is 0. The first-order valence-corrected chi connectivity index (χ1v) is 11.8. The molecule has 7 aromatic rings. The zero-order valence-corrected chi connectivity index (χ0v) is 19.2. The van der Waals surface area contributed by atoms with Crippen LogP contribution in [0.1, 0.15) is 0 Å². The molecule has 0 atom stereocenters. The smallest absolute Gasteiger partial charge is 0.423 e. The minimum atomic E-state index is -1.55. The molecule has 0 aliphatic rings. The summed E-state index contributed by atoms with van der Waals surface area (Å²) in [5.74, 6) is 0. The van der Waals surface area contributed by atoms with Crippen molar-refractivity contribution in [3.05, 3.63) is 109 Å². The van der Waals surface area contributed by atoms with Crippen LogP contribution in [0.15, 0.2) is 109 Å². The second kappa shape index (κ2) is 8.02. The second-order valence-corrected chi connectivity index (χ2v) is 9.00. The molecule has 0 amide bonds. The van der Waals surface area contributed by atoms with Gasteiger partial charge in [0.1, 0.15) is 0 Å². The lowest BCUT2D eigenvalue weighted by Crippen LogP contribution is -2.29. The molecule has 0 saturated heterocycles. The van der Waals surface area contributed by atoms with Crippen molar-refractivity contribution in [1.29, 1.82) is 0 Å². The van der Waals surface area contributed by atoms with E-state index in [1.54, 1.807) is 6.07 Å². The number of pyridine rings is 2. The number of aromatic nitrogens is 3. The van der Waals surface area contributed by atoms with Gasteiger partial charge in [-0.15, -0.1) is 0 Å². The van der Waals surface area contributed by atoms with E-state index in [2.05, 4.69) is 82.3 Å². The molecule has 0 radical (unpaired) electrons. The summed E-state index contributed by atoms with van der Waals surface area (Å²) in [4.78, 5) is 9.28. The Morgan fingerprint density at radius 1 is 0.583 bits per heavy atom. The fourth-order valence-electron chi connectivity index (χ4n) is 5.12. The molecule has 5 nitrogen and oxygen atoms in total. The summed E-state index contributed by atoms with van der Waals surface area (Å²) in [7, 11) is -1.55. The van der Waals surface area contributed by atoms with E-state index in [0.29, 0.717) is 5.46 Å². The molecule has 2 N–H and O–H groups in total. The third-order valence-electron chi connectivity index (χ3n) is 6.84. The number of nitrogens with zero attached hydrogens (tertiary/aromatic N) is 3. The summed E-state index contributed by atoms with van der Waals surface area (Å²) >= 11 is 0. The van der Waals surface area contributed by atoms with Gasteiger partial charge in [-0.2, -0.15) is 0 Å². The van der Waals surface area contributed by atoms with Gasteiger partial charge in [0, 0.05) is 33.2 Å². The quantitative estimate of drug-likeness (QED) is 0.277. The van der Waals surface area contributed by atoms with Crippen LogP contribution in [0.3, 0.4) is 0 Å². The van der Waals surface area contributed by atoms with Crippen molar-refractivity contribution >= 4 is 56.2 Å². The molecule has 0 unspecified atom stereocenters. The van der Waals surface area contributed by atoms with E-state index in [-0.39, 0.29) is 0 Å². The molecule has 0 saturated carbocycles. The van der Waals surface area contributed by atoms with Crippen molar-refractivity contribution in [2.24, 2.45) is 0 Å². The highest BCUT2D eigenvalue weighted by Gasteiger charge is 2.16. The van der Waals surface area contributed by atoms with Crippen molar-refractivity contribution in [1.82, 2.24) is 14.5 Å². The van der Waals surface area contributed by atoms with Gasteiger partial charge in [-0.05, 0) is 35.4 Å². The van der Waals surface area contributed by atoms with Gasteiger partial charge in [0.25, 0.3) is 0 Å². The molecule has 6 heteroatoms. The Morgan fingerprint density at radius 2 is 1.28 bits per heavy atom. The molecule has 0 aliphatic heterocycles. The molecule has 170 valence electrons. The summed E-state index contributed by atoms with van der Waals surface area (Å²) < 4.78 is 2.26. The lowest BCUT2D eigenvalue weighted by molar-refractivity contribution is 0.425. The predicted molar refractivity (Wildman–Crippen MR) is 147 cm³/mol. The maximum absolute atomic E-state index is 9.49.